The maximum atomic E-state index is 13.2. The van der Waals surface area contributed by atoms with Gasteiger partial charge in [-0.2, -0.15) is 0 Å². The number of piperidine rings is 1. The summed E-state index contributed by atoms with van der Waals surface area (Å²) in [7, 11) is 0.421. The second-order valence-electron chi connectivity index (χ2n) is 10.9. The van der Waals surface area contributed by atoms with Gasteiger partial charge in [-0.3, -0.25) is 14.5 Å². The van der Waals surface area contributed by atoms with Crippen molar-refractivity contribution in [3.05, 3.63) is 0 Å². The molecule has 0 aromatic heterocycles. The van der Waals surface area contributed by atoms with Crippen molar-refractivity contribution in [1.82, 2.24) is 9.21 Å². The molecule has 0 aromatic carbocycles. The third-order valence-corrected chi connectivity index (χ3v) is 8.88. The van der Waals surface area contributed by atoms with Crippen LogP contribution < -0.4 is 0 Å². The topological polar surface area (TPSA) is 93.2 Å². The van der Waals surface area contributed by atoms with Crippen molar-refractivity contribution < 1.29 is 27.5 Å². The minimum Gasteiger partial charge on any atom is -0.463 e. The fourth-order valence-electron chi connectivity index (χ4n) is 5.42. The minimum absolute atomic E-state index is 0.138. The van der Waals surface area contributed by atoms with Crippen LogP contribution in [0, 0.1) is 17.3 Å². The van der Waals surface area contributed by atoms with Crippen LogP contribution in [0.4, 0.5) is 0 Å². The number of carbonyl (C=O) groups excluding carboxylic acids is 2. The van der Waals surface area contributed by atoms with Crippen LogP contribution in [0.3, 0.4) is 0 Å². The number of ketones is 1. The molecule has 32 heavy (non-hydrogen) atoms. The molecule has 0 aromatic rings. The van der Waals surface area contributed by atoms with E-state index >= 15 is 0 Å². The molecule has 3 atom stereocenters. The van der Waals surface area contributed by atoms with Gasteiger partial charge < -0.3 is 9.47 Å². The number of likely N-dealkylation sites (N-methyl/N-ethyl adjacent to an activating group) is 1. The quantitative estimate of drug-likeness (QED) is 0.448. The number of Topliss-reactive ketones (excluding diaryl/α,β-unsaturated/α-hetero) is 1. The predicted octanol–water partition coefficient (Wildman–Crippen LogP) is 2.32. The maximum Gasteiger partial charge on any atom is 0.319 e. The molecule has 8 nitrogen and oxygen atoms in total. The van der Waals surface area contributed by atoms with E-state index in [1.807, 2.05) is 20.9 Å². The monoisotopic (exact) mass is 474 g/mol. The summed E-state index contributed by atoms with van der Waals surface area (Å²) in [5, 5.41) is 0. The highest BCUT2D eigenvalue weighted by molar-refractivity contribution is 7.88. The van der Waals surface area contributed by atoms with E-state index in [9.17, 15) is 18.0 Å². The lowest BCUT2D eigenvalue weighted by molar-refractivity contribution is -0.164. The molecule has 0 saturated carbocycles. The van der Waals surface area contributed by atoms with Gasteiger partial charge in [0.2, 0.25) is 10.0 Å². The van der Waals surface area contributed by atoms with Crippen LogP contribution in [0.25, 0.3) is 0 Å². The standard InChI is InChI=1S/C23H42N2O6S/c1-17-13-22(5,30-7)14-18(2)19(26)21(3,4)20(27)31-16-23(24(6)15-17)9-11-25(12-10-23)32(8,28)29/h17-18H,9-16H2,1-8H3. The minimum atomic E-state index is -3.27. The second-order valence-corrected chi connectivity index (χ2v) is 12.9. The lowest BCUT2D eigenvalue weighted by Gasteiger charge is -2.47. The molecular weight excluding hydrogens is 432 g/mol. The highest BCUT2D eigenvalue weighted by atomic mass is 32.2. The number of methoxy groups -OCH3 is 1. The zero-order valence-corrected chi connectivity index (χ0v) is 21.9. The Morgan fingerprint density at radius 3 is 2.12 bits per heavy atom. The van der Waals surface area contributed by atoms with Gasteiger partial charge in [0.15, 0.2) is 5.78 Å². The molecule has 9 heteroatoms. The van der Waals surface area contributed by atoms with Gasteiger partial charge in [-0.1, -0.05) is 13.8 Å². The van der Waals surface area contributed by atoms with Crippen molar-refractivity contribution in [3.8, 4) is 0 Å². The van der Waals surface area contributed by atoms with E-state index in [-0.39, 0.29) is 24.2 Å². The van der Waals surface area contributed by atoms with Crippen molar-refractivity contribution in [1.29, 1.82) is 0 Å². The molecule has 0 amide bonds. The molecule has 2 heterocycles. The van der Waals surface area contributed by atoms with Crippen LogP contribution in [0.15, 0.2) is 0 Å². The lowest BCUT2D eigenvalue weighted by Crippen LogP contribution is -2.58. The van der Waals surface area contributed by atoms with Crippen LogP contribution in [0.2, 0.25) is 0 Å². The summed E-state index contributed by atoms with van der Waals surface area (Å²) in [6.07, 6.45) is 3.64. The summed E-state index contributed by atoms with van der Waals surface area (Å²) in [6, 6.07) is 0. The average molecular weight is 475 g/mol. The number of cyclic esters (lactones) is 1. The first-order valence-corrected chi connectivity index (χ1v) is 13.3. The number of hydrogen-bond donors (Lipinski definition) is 0. The first-order valence-electron chi connectivity index (χ1n) is 11.5. The molecule has 2 saturated heterocycles. The Balaban J connectivity index is 2.39. The Morgan fingerprint density at radius 2 is 1.62 bits per heavy atom. The van der Waals surface area contributed by atoms with Gasteiger partial charge in [-0.25, -0.2) is 12.7 Å². The number of carbonyl (C=O) groups is 2. The zero-order chi connectivity index (χ0) is 24.5. The Bertz CT molecular complexity index is 803. The van der Waals surface area contributed by atoms with E-state index in [0.717, 1.165) is 13.0 Å². The Hall–Kier alpha value is -1.03. The molecule has 3 unspecified atom stereocenters. The van der Waals surface area contributed by atoms with E-state index in [4.69, 9.17) is 9.47 Å². The van der Waals surface area contributed by atoms with E-state index in [1.54, 1.807) is 21.0 Å². The van der Waals surface area contributed by atoms with Gasteiger partial charge in [0.25, 0.3) is 0 Å². The number of esters is 1. The van der Waals surface area contributed by atoms with Crippen molar-refractivity contribution in [2.45, 2.75) is 71.4 Å². The Kier molecular flexibility index (Phi) is 8.23. The van der Waals surface area contributed by atoms with Crippen LogP contribution in [-0.4, -0.2) is 87.2 Å². The highest BCUT2D eigenvalue weighted by Gasteiger charge is 2.46. The molecular formula is C23H42N2O6S. The van der Waals surface area contributed by atoms with Crippen LogP contribution >= 0.6 is 0 Å². The third-order valence-electron chi connectivity index (χ3n) is 7.57. The SMILES string of the molecule is COC1(C)CC(C)CN(C)C2(CCN(S(C)(=O)=O)CC2)COC(=O)C(C)(C)C(=O)C(C)C1. The average Bonchev–Trinajstić information content (AvgIpc) is 2.69. The van der Waals surface area contributed by atoms with Crippen LogP contribution in [-0.2, 0) is 29.1 Å². The second kappa shape index (κ2) is 9.68. The van der Waals surface area contributed by atoms with E-state index in [1.165, 1.54) is 10.6 Å². The third kappa shape index (κ3) is 5.90. The summed E-state index contributed by atoms with van der Waals surface area (Å²) in [4.78, 5) is 28.5. The molecule has 2 fully saturated rings. The predicted molar refractivity (Wildman–Crippen MR) is 124 cm³/mol. The van der Waals surface area contributed by atoms with E-state index in [2.05, 4.69) is 11.8 Å². The lowest BCUT2D eigenvalue weighted by atomic mass is 9.76. The van der Waals surface area contributed by atoms with Gasteiger partial charge in [0, 0.05) is 32.7 Å². The summed E-state index contributed by atoms with van der Waals surface area (Å²) >= 11 is 0. The number of sulfonamides is 1. The van der Waals surface area contributed by atoms with E-state index in [0.29, 0.717) is 32.4 Å². The Morgan fingerprint density at radius 1 is 1.06 bits per heavy atom. The first kappa shape index (κ1) is 27.2. The molecule has 2 rings (SSSR count). The summed E-state index contributed by atoms with van der Waals surface area (Å²) in [6.45, 7) is 10.9. The molecule has 0 aliphatic carbocycles. The molecule has 0 radical (unpaired) electrons. The van der Waals surface area contributed by atoms with Gasteiger partial charge in [0.05, 0.1) is 17.4 Å². The Labute approximate surface area is 194 Å². The van der Waals surface area contributed by atoms with Crippen molar-refractivity contribution >= 4 is 21.8 Å². The fraction of sp³-hybridized carbons (Fsp3) is 0.913. The van der Waals surface area contributed by atoms with Crippen LogP contribution in [0.5, 0.6) is 0 Å². The number of rotatable bonds is 2. The largest absolute Gasteiger partial charge is 0.463 e. The highest BCUT2D eigenvalue weighted by Crippen LogP contribution is 2.36. The van der Waals surface area contributed by atoms with Gasteiger partial charge in [0.1, 0.15) is 12.0 Å². The van der Waals surface area contributed by atoms with Gasteiger partial charge >= 0.3 is 5.97 Å². The summed E-state index contributed by atoms with van der Waals surface area (Å²) in [5.74, 6) is -0.757. The first-order chi connectivity index (χ1) is 14.6. The molecule has 1 spiro atoms. The molecule has 0 N–H and O–H groups in total. The molecule has 0 bridgehead atoms. The normalized spacial score (nSPS) is 33.8. The van der Waals surface area contributed by atoms with Gasteiger partial charge in [-0.05, 0) is 59.4 Å². The summed E-state index contributed by atoms with van der Waals surface area (Å²) < 4.78 is 37.2. The number of hydrogen-bond acceptors (Lipinski definition) is 7. The summed E-state index contributed by atoms with van der Waals surface area (Å²) in [5.41, 5.74) is -2.23. The molecule has 186 valence electrons. The van der Waals surface area contributed by atoms with Crippen molar-refractivity contribution in [2.75, 3.05) is 46.7 Å². The zero-order valence-electron chi connectivity index (χ0n) is 21.1. The van der Waals surface area contributed by atoms with Gasteiger partial charge in [-0.15, -0.1) is 0 Å². The van der Waals surface area contributed by atoms with Crippen molar-refractivity contribution in [3.63, 3.8) is 0 Å². The molecule has 2 aliphatic heterocycles. The number of nitrogens with zero attached hydrogens (tertiary/aromatic N) is 2. The molecule has 2 aliphatic rings. The van der Waals surface area contributed by atoms with Crippen LogP contribution in [0.1, 0.15) is 60.3 Å². The van der Waals surface area contributed by atoms with Crippen molar-refractivity contribution in [2.24, 2.45) is 17.3 Å². The number of ether oxygens (including phenoxy) is 2. The smallest absolute Gasteiger partial charge is 0.319 e. The van der Waals surface area contributed by atoms with E-state index < -0.39 is 32.5 Å². The maximum absolute atomic E-state index is 13.2. The fourth-order valence-corrected chi connectivity index (χ4v) is 6.27.